The van der Waals surface area contributed by atoms with Crippen molar-refractivity contribution in [1.29, 1.82) is 0 Å². The standard InChI is InChI=1S/C37H48F3N7O8S/c1-6-21-16-20(2)10-7-8-11-22-18-36(22,33(50)46-56(52,53)24-13-14-24)45-30(48)26-17-23(19-47(26)32(49)27(21)43-34(51)55-35(3,4)5)54-31-28(37(38,39)40)42-25-12-9-15-41-29(25)44-31/h8-9,11-12,15,20-24,26-27H,6-7,10,13-14,16-19H2,1-5H3,(H,43,51)(H,45,48)(H,46,50)/b11-8-/t20-,21-,22-,23-,26+,27+,36-/m1/s1. The minimum Gasteiger partial charge on any atom is -0.471 e. The molecule has 4 amide bonds. The normalized spacial score (nSPS) is 29.5. The number of fused-ring (bicyclic) bond motifs is 3. The van der Waals surface area contributed by atoms with Gasteiger partial charge < -0.3 is 25.0 Å². The van der Waals surface area contributed by atoms with Gasteiger partial charge in [-0.2, -0.15) is 18.2 Å². The fraction of sp³-hybridized carbons (Fsp3) is 0.649. The fourth-order valence-electron chi connectivity index (χ4n) is 7.45. The molecule has 6 rings (SSSR count). The van der Waals surface area contributed by atoms with Gasteiger partial charge in [-0.1, -0.05) is 32.4 Å². The van der Waals surface area contributed by atoms with Crippen molar-refractivity contribution in [3.63, 3.8) is 0 Å². The Morgan fingerprint density at radius 1 is 1.11 bits per heavy atom. The summed E-state index contributed by atoms with van der Waals surface area (Å²) in [4.78, 5) is 69.0. The number of nitrogens with one attached hydrogen (secondary N) is 3. The van der Waals surface area contributed by atoms with E-state index in [1.165, 1.54) is 18.3 Å². The summed E-state index contributed by atoms with van der Waals surface area (Å²) < 4.78 is 82.1. The lowest BCUT2D eigenvalue weighted by Gasteiger charge is -2.34. The van der Waals surface area contributed by atoms with E-state index in [2.05, 4.69) is 30.3 Å². The van der Waals surface area contributed by atoms with Gasteiger partial charge in [-0.15, -0.1) is 0 Å². The van der Waals surface area contributed by atoms with Gasteiger partial charge in [-0.3, -0.25) is 19.1 Å². The van der Waals surface area contributed by atoms with Crippen LogP contribution in [0.3, 0.4) is 0 Å². The summed E-state index contributed by atoms with van der Waals surface area (Å²) in [5.74, 6) is -4.35. The molecule has 4 aliphatic rings. The Kier molecular flexibility index (Phi) is 11.3. The maximum absolute atomic E-state index is 14.8. The average Bonchev–Trinajstić information content (AvgIpc) is 4.03. The number of alkyl carbamates (subject to hydrolysis) is 1. The van der Waals surface area contributed by atoms with E-state index in [0.717, 1.165) is 4.90 Å². The molecule has 4 heterocycles. The zero-order valence-corrected chi connectivity index (χ0v) is 32.7. The second-order valence-corrected chi connectivity index (χ2v) is 18.2. The Morgan fingerprint density at radius 2 is 1.84 bits per heavy atom. The molecule has 0 spiro atoms. The van der Waals surface area contributed by atoms with Crippen molar-refractivity contribution < 1.29 is 50.2 Å². The number of carbonyl (C=O) groups excluding carboxylic acids is 4. The number of aromatic nitrogens is 3. The lowest BCUT2D eigenvalue weighted by molar-refractivity contribution is -0.143. The van der Waals surface area contributed by atoms with Crippen LogP contribution in [0.15, 0.2) is 30.5 Å². The molecule has 19 heteroatoms. The van der Waals surface area contributed by atoms with Crippen LogP contribution in [0.25, 0.3) is 11.2 Å². The van der Waals surface area contributed by atoms with Crippen LogP contribution in [0.5, 0.6) is 5.88 Å². The van der Waals surface area contributed by atoms with Crippen molar-refractivity contribution in [2.75, 3.05) is 6.54 Å². The molecule has 306 valence electrons. The van der Waals surface area contributed by atoms with Crippen LogP contribution in [-0.4, -0.2) is 93.2 Å². The Labute approximate surface area is 323 Å². The molecular formula is C37H48F3N7O8S. The predicted octanol–water partition coefficient (Wildman–Crippen LogP) is 4.17. The third-order valence-electron chi connectivity index (χ3n) is 10.6. The highest BCUT2D eigenvalue weighted by atomic mass is 32.2. The van der Waals surface area contributed by atoms with Crippen LogP contribution in [0.2, 0.25) is 0 Å². The number of hydrogen-bond donors (Lipinski definition) is 3. The Hall–Kier alpha value is -4.55. The number of allylic oxidation sites excluding steroid dienone is 1. The molecule has 2 aromatic rings. The molecule has 0 radical (unpaired) electrons. The van der Waals surface area contributed by atoms with E-state index in [1.807, 2.05) is 19.9 Å². The molecular weight excluding hydrogens is 760 g/mol. The molecule has 7 atom stereocenters. The van der Waals surface area contributed by atoms with Gasteiger partial charge in [-0.05, 0) is 83.3 Å². The van der Waals surface area contributed by atoms with E-state index in [-0.39, 0.29) is 29.9 Å². The lowest BCUT2D eigenvalue weighted by Crippen LogP contribution is -2.59. The highest BCUT2D eigenvalue weighted by Crippen LogP contribution is 2.46. The van der Waals surface area contributed by atoms with Crippen LogP contribution < -0.4 is 20.1 Å². The summed E-state index contributed by atoms with van der Waals surface area (Å²) >= 11 is 0. The lowest BCUT2D eigenvalue weighted by atomic mass is 9.85. The van der Waals surface area contributed by atoms with Crippen molar-refractivity contribution in [1.82, 2.24) is 35.2 Å². The zero-order chi connectivity index (χ0) is 40.8. The van der Waals surface area contributed by atoms with E-state index in [4.69, 9.17) is 9.47 Å². The Bertz CT molecular complexity index is 2000. The fourth-order valence-corrected chi connectivity index (χ4v) is 8.82. The smallest absolute Gasteiger partial charge is 0.438 e. The van der Waals surface area contributed by atoms with Gasteiger partial charge in [0.1, 0.15) is 34.8 Å². The van der Waals surface area contributed by atoms with Crippen LogP contribution in [0.4, 0.5) is 18.0 Å². The first kappa shape index (κ1) is 41.1. The van der Waals surface area contributed by atoms with Crippen molar-refractivity contribution in [3.05, 3.63) is 36.2 Å². The number of ether oxygens (including phenoxy) is 2. The highest BCUT2D eigenvalue weighted by molar-refractivity contribution is 7.91. The van der Waals surface area contributed by atoms with Gasteiger partial charge in [0.15, 0.2) is 5.65 Å². The number of nitrogens with zero attached hydrogens (tertiary/aromatic N) is 4. The van der Waals surface area contributed by atoms with Crippen LogP contribution in [0, 0.1) is 17.8 Å². The number of alkyl halides is 3. The second kappa shape index (κ2) is 15.4. The molecule has 0 bridgehead atoms. The van der Waals surface area contributed by atoms with Crippen molar-refractivity contribution >= 4 is 45.0 Å². The van der Waals surface area contributed by atoms with Crippen molar-refractivity contribution in [3.8, 4) is 5.88 Å². The van der Waals surface area contributed by atoms with Crippen molar-refractivity contribution in [2.45, 2.75) is 127 Å². The van der Waals surface area contributed by atoms with Gasteiger partial charge in [0, 0.05) is 18.5 Å². The number of halogens is 3. The van der Waals surface area contributed by atoms with E-state index in [9.17, 15) is 40.8 Å². The molecule has 0 unspecified atom stereocenters. The summed E-state index contributed by atoms with van der Waals surface area (Å²) in [7, 11) is -4.00. The summed E-state index contributed by atoms with van der Waals surface area (Å²) in [6.07, 6.45) is 0.588. The van der Waals surface area contributed by atoms with Gasteiger partial charge in [0.25, 0.3) is 5.91 Å². The average molecular weight is 808 g/mol. The Balaban J connectivity index is 1.38. The summed E-state index contributed by atoms with van der Waals surface area (Å²) in [6, 6.07) is 0.0721. The van der Waals surface area contributed by atoms with E-state index >= 15 is 0 Å². The quantitative estimate of drug-likeness (QED) is 0.340. The van der Waals surface area contributed by atoms with E-state index in [1.54, 1.807) is 26.8 Å². The first-order chi connectivity index (χ1) is 26.2. The first-order valence-corrected chi connectivity index (χ1v) is 20.5. The second-order valence-electron chi connectivity index (χ2n) is 16.3. The highest BCUT2D eigenvalue weighted by Gasteiger charge is 2.62. The Morgan fingerprint density at radius 3 is 2.50 bits per heavy atom. The minimum atomic E-state index is -5.00. The SMILES string of the molecule is CC[C@@H]1C[C@H](C)CC/C=C\[C@@H]2C[C@@]2(C(=O)NS(=O)(=O)C2CC2)NC(=O)[C@@H]2C[C@@H](Oc3nc4ncccc4nc3C(F)(F)F)CN2C(=O)[C@H]1NC(=O)OC(C)(C)C. The molecule has 2 aliphatic carbocycles. The molecule has 2 saturated carbocycles. The zero-order valence-electron chi connectivity index (χ0n) is 31.9. The number of pyridine rings is 1. The largest absolute Gasteiger partial charge is 0.471 e. The summed E-state index contributed by atoms with van der Waals surface area (Å²) in [5.41, 5.74) is -4.27. The van der Waals surface area contributed by atoms with Gasteiger partial charge in [0.05, 0.1) is 11.8 Å². The molecule has 2 aromatic heterocycles. The van der Waals surface area contributed by atoms with Gasteiger partial charge in [-0.25, -0.2) is 23.2 Å². The first-order valence-electron chi connectivity index (χ1n) is 18.9. The maximum atomic E-state index is 14.8. The van der Waals surface area contributed by atoms with Crippen LogP contribution >= 0.6 is 0 Å². The number of hydrogen-bond acceptors (Lipinski definition) is 11. The third-order valence-corrected chi connectivity index (χ3v) is 12.4. The molecule has 56 heavy (non-hydrogen) atoms. The van der Waals surface area contributed by atoms with E-state index < -0.39 is 105 Å². The molecule has 3 N–H and O–H groups in total. The van der Waals surface area contributed by atoms with Gasteiger partial charge >= 0.3 is 12.3 Å². The molecule has 1 saturated heterocycles. The molecule has 3 fully saturated rings. The maximum Gasteiger partial charge on any atom is 0.438 e. The summed E-state index contributed by atoms with van der Waals surface area (Å²) in [6.45, 7) is 8.44. The molecule has 2 aliphatic heterocycles. The minimum absolute atomic E-state index is 0.0486. The number of rotatable bonds is 7. The van der Waals surface area contributed by atoms with Crippen molar-refractivity contribution in [2.24, 2.45) is 17.8 Å². The van der Waals surface area contributed by atoms with Crippen LogP contribution in [-0.2, 0) is 35.3 Å². The molecule has 15 nitrogen and oxygen atoms in total. The topological polar surface area (TPSA) is 199 Å². The summed E-state index contributed by atoms with van der Waals surface area (Å²) in [5, 5.41) is 4.73. The predicted molar refractivity (Wildman–Crippen MR) is 195 cm³/mol. The molecule has 0 aromatic carbocycles. The number of carbonyl (C=O) groups is 4. The monoisotopic (exact) mass is 807 g/mol. The van der Waals surface area contributed by atoms with E-state index in [0.29, 0.717) is 38.5 Å². The van der Waals surface area contributed by atoms with Gasteiger partial charge in [0.2, 0.25) is 33.4 Å². The number of amides is 4. The van der Waals surface area contributed by atoms with Crippen LogP contribution in [0.1, 0.15) is 91.7 Å². The third kappa shape index (κ3) is 9.18. The number of sulfonamides is 1.